The first-order valence-electron chi connectivity index (χ1n) is 5.14. The number of carbonyl (C=O) groups excluding carboxylic acids is 1. The van der Waals surface area contributed by atoms with Crippen LogP contribution in [-0.4, -0.2) is 12.5 Å². The van der Waals surface area contributed by atoms with Crippen LogP contribution in [0, 0.1) is 11.8 Å². The molecule has 0 spiro atoms. The van der Waals surface area contributed by atoms with Crippen LogP contribution in [0.2, 0.25) is 0 Å². The summed E-state index contributed by atoms with van der Waals surface area (Å²) >= 11 is 0. The van der Waals surface area contributed by atoms with E-state index < -0.39 is 0 Å². The van der Waals surface area contributed by atoms with E-state index in [2.05, 4.69) is 5.32 Å². The number of hydrogen-bond acceptors (Lipinski definition) is 1. The van der Waals surface area contributed by atoms with Crippen LogP contribution in [0.3, 0.4) is 0 Å². The van der Waals surface area contributed by atoms with Crippen molar-refractivity contribution in [1.29, 1.82) is 0 Å². The van der Waals surface area contributed by atoms with Crippen LogP contribution in [0.1, 0.15) is 38.5 Å². The molecule has 0 radical (unpaired) electrons. The third-order valence-corrected chi connectivity index (χ3v) is 3.27. The minimum atomic E-state index is 0.313. The predicted molar refractivity (Wildman–Crippen MR) is 47.7 cm³/mol. The second kappa shape index (κ2) is 3.46. The van der Waals surface area contributed by atoms with Gasteiger partial charge in [-0.25, -0.2) is 0 Å². The Kier molecular flexibility index (Phi) is 2.33. The minimum Gasteiger partial charge on any atom is -0.356 e. The van der Waals surface area contributed by atoms with Crippen LogP contribution in [-0.2, 0) is 4.79 Å². The van der Waals surface area contributed by atoms with Gasteiger partial charge in [-0.3, -0.25) is 4.79 Å². The molecule has 0 aromatic rings. The fraction of sp³-hybridized carbons (Fsp3) is 0.900. The normalized spacial score (nSPS) is 24.3. The maximum atomic E-state index is 11.4. The zero-order chi connectivity index (χ0) is 8.39. The molecule has 0 unspecified atom stereocenters. The summed E-state index contributed by atoms with van der Waals surface area (Å²) < 4.78 is 0. The Hall–Kier alpha value is -0.530. The average molecular weight is 167 g/mol. The molecule has 0 aliphatic heterocycles. The van der Waals surface area contributed by atoms with E-state index in [1.54, 1.807) is 0 Å². The average Bonchev–Trinajstić information content (AvgIpc) is 1.79. The minimum absolute atomic E-state index is 0.313. The zero-order valence-electron chi connectivity index (χ0n) is 7.51. The fourth-order valence-electron chi connectivity index (χ4n) is 1.76. The lowest BCUT2D eigenvalue weighted by atomic mass is 9.83. The van der Waals surface area contributed by atoms with Crippen molar-refractivity contribution < 1.29 is 4.79 Å². The van der Waals surface area contributed by atoms with E-state index in [0.29, 0.717) is 11.8 Å². The highest BCUT2D eigenvalue weighted by Gasteiger charge is 2.26. The van der Waals surface area contributed by atoms with E-state index in [-0.39, 0.29) is 0 Å². The van der Waals surface area contributed by atoms with Gasteiger partial charge in [0.15, 0.2) is 0 Å². The molecular weight excluding hydrogens is 150 g/mol. The van der Waals surface area contributed by atoms with Crippen molar-refractivity contribution in [3.63, 3.8) is 0 Å². The lowest BCUT2D eigenvalue weighted by Gasteiger charge is -2.28. The molecule has 0 aromatic heterocycles. The summed E-state index contributed by atoms with van der Waals surface area (Å²) in [5, 5.41) is 3.05. The van der Waals surface area contributed by atoms with Gasteiger partial charge in [-0.15, -0.1) is 0 Å². The monoisotopic (exact) mass is 167 g/mol. The van der Waals surface area contributed by atoms with Gasteiger partial charge in [0.25, 0.3) is 0 Å². The highest BCUT2D eigenvalue weighted by molar-refractivity contribution is 5.79. The highest BCUT2D eigenvalue weighted by Crippen LogP contribution is 2.28. The molecule has 2 aliphatic rings. The molecule has 2 nitrogen and oxygen atoms in total. The molecule has 2 heteroatoms. The molecule has 2 rings (SSSR count). The van der Waals surface area contributed by atoms with E-state index in [9.17, 15) is 4.79 Å². The van der Waals surface area contributed by atoms with Gasteiger partial charge in [-0.05, 0) is 31.6 Å². The van der Waals surface area contributed by atoms with Crippen molar-refractivity contribution in [2.24, 2.45) is 11.8 Å². The van der Waals surface area contributed by atoms with Crippen molar-refractivity contribution in [2.75, 3.05) is 6.54 Å². The van der Waals surface area contributed by atoms with Gasteiger partial charge < -0.3 is 5.32 Å². The number of carbonyl (C=O) groups is 1. The highest BCUT2D eigenvalue weighted by atomic mass is 16.1. The summed E-state index contributed by atoms with van der Waals surface area (Å²) in [5.41, 5.74) is 0. The third-order valence-electron chi connectivity index (χ3n) is 3.27. The smallest absolute Gasteiger partial charge is 0.223 e. The van der Waals surface area contributed by atoms with Crippen molar-refractivity contribution in [1.82, 2.24) is 5.32 Å². The molecule has 0 aromatic carbocycles. The van der Waals surface area contributed by atoms with Crippen LogP contribution in [0.4, 0.5) is 0 Å². The largest absolute Gasteiger partial charge is 0.356 e. The van der Waals surface area contributed by atoms with Crippen LogP contribution in [0.5, 0.6) is 0 Å². The van der Waals surface area contributed by atoms with Crippen LogP contribution in [0.25, 0.3) is 0 Å². The summed E-state index contributed by atoms with van der Waals surface area (Å²) in [6, 6.07) is 0. The number of hydrogen-bond donors (Lipinski definition) is 1. The summed E-state index contributed by atoms with van der Waals surface area (Å²) in [4.78, 5) is 11.4. The first kappa shape index (κ1) is 8.09. The molecule has 0 heterocycles. The van der Waals surface area contributed by atoms with Gasteiger partial charge in [0.1, 0.15) is 0 Å². The summed E-state index contributed by atoms with van der Waals surface area (Å²) in [6.07, 6.45) is 7.51. The fourth-order valence-corrected chi connectivity index (χ4v) is 1.76. The Morgan fingerprint density at radius 2 is 1.83 bits per heavy atom. The van der Waals surface area contributed by atoms with E-state index in [1.807, 2.05) is 0 Å². The molecule has 2 saturated carbocycles. The molecule has 0 bridgehead atoms. The van der Waals surface area contributed by atoms with Gasteiger partial charge in [0.2, 0.25) is 5.91 Å². The molecule has 2 fully saturated rings. The molecule has 1 N–H and O–H groups in total. The maximum absolute atomic E-state index is 11.4. The summed E-state index contributed by atoms with van der Waals surface area (Å²) in [5.74, 6) is 1.48. The van der Waals surface area contributed by atoms with Gasteiger partial charge in [0, 0.05) is 12.5 Å². The molecule has 12 heavy (non-hydrogen) atoms. The first-order chi connectivity index (χ1) is 5.86. The first-order valence-corrected chi connectivity index (χ1v) is 5.14. The lowest BCUT2D eigenvalue weighted by Crippen LogP contribution is -2.38. The number of nitrogens with one attached hydrogen (secondary N) is 1. The van der Waals surface area contributed by atoms with Crippen LogP contribution in [0.15, 0.2) is 0 Å². The number of rotatable bonds is 3. The van der Waals surface area contributed by atoms with Crippen molar-refractivity contribution in [3.8, 4) is 0 Å². The molecule has 1 amide bonds. The molecule has 68 valence electrons. The molecule has 2 aliphatic carbocycles. The Labute approximate surface area is 73.7 Å². The second-order valence-corrected chi connectivity index (χ2v) is 4.17. The van der Waals surface area contributed by atoms with E-state index in [4.69, 9.17) is 0 Å². The van der Waals surface area contributed by atoms with E-state index in [0.717, 1.165) is 25.3 Å². The van der Waals surface area contributed by atoms with E-state index in [1.165, 1.54) is 25.7 Å². The Morgan fingerprint density at radius 3 is 2.25 bits per heavy atom. The van der Waals surface area contributed by atoms with Gasteiger partial charge in [0.05, 0.1) is 0 Å². The van der Waals surface area contributed by atoms with Crippen molar-refractivity contribution in [2.45, 2.75) is 38.5 Å². The standard InChI is InChI=1S/C10H17NO/c12-10(9-5-2-6-9)11-7-8-3-1-4-8/h8-9H,1-7H2,(H,11,12). The van der Waals surface area contributed by atoms with Crippen LogP contribution >= 0.6 is 0 Å². The lowest BCUT2D eigenvalue weighted by molar-refractivity contribution is -0.127. The molecular formula is C10H17NO. The van der Waals surface area contributed by atoms with Crippen molar-refractivity contribution >= 4 is 5.91 Å². The topological polar surface area (TPSA) is 29.1 Å². The summed E-state index contributed by atoms with van der Waals surface area (Å²) in [7, 11) is 0. The third kappa shape index (κ3) is 1.62. The number of amides is 1. The Balaban J connectivity index is 1.61. The van der Waals surface area contributed by atoms with Crippen molar-refractivity contribution in [3.05, 3.63) is 0 Å². The second-order valence-electron chi connectivity index (χ2n) is 4.17. The summed E-state index contributed by atoms with van der Waals surface area (Å²) in [6.45, 7) is 0.940. The molecule has 0 saturated heterocycles. The Bertz CT molecular complexity index is 171. The Morgan fingerprint density at radius 1 is 1.17 bits per heavy atom. The molecule has 0 atom stereocenters. The van der Waals surface area contributed by atoms with E-state index >= 15 is 0 Å². The maximum Gasteiger partial charge on any atom is 0.223 e. The zero-order valence-corrected chi connectivity index (χ0v) is 7.51. The van der Waals surface area contributed by atoms with Gasteiger partial charge in [-0.2, -0.15) is 0 Å². The van der Waals surface area contributed by atoms with Crippen LogP contribution < -0.4 is 5.32 Å². The predicted octanol–water partition coefficient (Wildman–Crippen LogP) is 1.70. The quantitative estimate of drug-likeness (QED) is 0.681. The van der Waals surface area contributed by atoms with Gasteiger partial charge in [-0.1, -0.05) is 12.8 Å². The SMILES string of the molecule is O=C(NCC1CCC1)C1CCC1. The van der Waals surface area contributed by atoms with Gasteiger partial charge >= 0.3 is 0 Å².